The number of fused-ring (bicyclic) bond motifs is 1. The molecule has 0 aliphatic heterocycles. The molecule has 1 N–H and O–H groups in total. The molecule has 62 valence electrons. The first-order valence-corrected chi connectivity index (χ1v) is 4.23. The molecule has 0 aromatic carbocycles. The lowest BCUT2D eigenvalue weighted by Gasteiger charge is -2.12. The maximum absolute atomic E-state index is 3.20. The fraction of sp³-hybridized carbons (Fsp3) is 0.273. The molecular formula is C11H13N. The van der Waals surface area contributed by atoms with Crippen LogP contribution in [0.3, 0.4) is 0 Å². The quantitative estimate of drug-likeness (QED) is 0.598. The minimum Gasteiger partial charge on any atom is -0.361 e. The molecule has 1 aliphatic carbocycles. The standard InChI is InChI=1S/C11H13N/c1-11(2)6-3-9-5-8-12-10(9)4-7-11/h3-8,12H,1-2H3. The molecule has 1 aromatic rings. The van der Waals surface area contributed by atoms with Crippen LogP contribution >= 0.6 is 0 Å². The fourth-order valence-electron chi connectivity index (χ4n) is 1.34. The van der Waals surface area contributed by atoms with Crippen molar-refractivity contribution in [2.45, 2.75) is 13.8 Å². The van der Waals surface area contributed by atoms with Gasteiger partial charge in [0.1, 0.15) is 0 Å². The molecule has 2 rings (SSSR count). The van der Waals surface area contributed by atoms with E-state index in [-0.39, 0.29) is 5.41 Å². The Hall–Kier alpha value is -1.24. The topological polar surface area (TPSA) is 15.8 Å². The van der Waals surface area contributed by atoms with Crippen molar-refractivity contribution >= 4 is 12.2 Å². The molecule has 12 heavy (non-hydrogen) atoms. The molecule has 0 saturated heterocycles. The van der Waals surface area contributed by atoms with E-state index in [2.05, 4.69) is 49.2 Å². The summed E-state index contributed by atoms with van der Waals surface area (Å²) >= 11 is 0. The van der Waals surface area contributed by atoms with Gasteiger partial charge in [-0.3, -0.25) is 0 Å². The van der Waals surface area contributed by atoms with Crippen molar-refractivity contribution in [3.8, 4) is 0 Å². The summed E-state index contributed by atoms with van der Waals surface area (Å²) in [6.45, 7) is 4.40. The summed E-state index contributed by atoms with van der Waals surface area (Å²) in [5.74, 6) is 0. The van der Waals surface area contributed by atoms with Crippen molar-refractivity contribution in [1.29, 1.82) is 0 Å². The second kappa shape index (κ2) is 2.37. The van der Waals surface area contributed by atoms with Gasteiger partial charge in [-0.2, -0.15) is 0 Å². The average molecular weight is 159 g/mol. The van der Waals surface area contributed by atoms with Crippen molar-refractivity contribution in [1.82, 2.24) is 4.98 Å². The number of H-pyrrole nitrogens is 1. The van der Waals surface area contributed by atoms with Crippen LogP contribution in [0.15, 0.2) is 24.4 Å². The molecule has 0 fully saturated rings. The highest BCUT2D eigenvalue weighted by atomic mass is 14.7. The van der Waals surface area contributed by atoms with Gasteiger partial charge < -0.3 is 4.98 Å². The lowest BCUT2D eigenvalue weighted by atomic mass is 9.93. The van der Waals surface area contributed by atoms with Crippen molar-refractivity contribution in [2.75, 3.05) is 0 Å². The van der Waals surface area contributed by atoms with Gasteiger partial charge in [0.25, 0.3) is 0 Å². The second-order valence-electron chi connectivity index (χ2n) is 3.83. The highest BCUT2D eigenvalue weighted by molar-refractivity contribution is 5.66. The van der Waals surface area contributed by atoms with Crippen LogP contribution in [-0.4, -0.2) is 4.98 Å². The molecule has 0 radical (unpaired) electrons. The smallest absolute Gasteiger partial charge is 0.0450 e. The molecule has 0 unspecified atom stereocenters. The molecule has 1 nitrogen and oxygen atoms in total. The predicted molar refractivity (Wildman–Crippen MR) is 52.6 cm³/mol. The predicted octanol–water partition coefficient (Wildman–Crippen LogP) is 3.08. The molecule has 1 aliphatic rings. The number of aromatic nitrogens is 1. The monoisotopic (exact) mass is 159 g/mol. The number of aromatic amines is 1. The van der Waals surface area contributed by atoms with Gasteiger partial charge in [0.2, 0.25) is 0 Å². The minimum atomic E-state index is 0.180. The van der Waals surface area contributed by atoms with Crippen molar-refractivity contribution in [3.05, 3.63) is 35.7 Å². The third kappa shape index (κ3) is 1.22. The van der Waals surface area contributed by atoms with Gasteiger partial charge in [-0.25, -0.2) is 0 Å². The number of allylic oxidation sites excluding steroid dienone is 2. The lowest BCUT2D eigenvalue weighted by Crippen LogP contribution is -2.00. The van der Waals surface area contributed by atoms with Crippen molar-refractivity contribution in [2.24, 2.45) is 5.41 Å². The van der Waals surface area contributed by atoms with E-state index in [9.17, 15) is 0 Å². The zero-order valence-corrected chi connectivity index (χ0v) is 7.46. The summed E-state index contributed by atoms with van der Waals surface area (Å²) in [5, 5.41) is 0. The van der Waals surface area contributed by atoms with Crippen LogP contribution in [0.1, 0.15) is 25.1 Å². The molecule has 0 atom stereocenters. The third-order valence-corrected chi connectivity index (χ3v) is 2.18. The van der Waals surface area contributed by atoms with Gasteiger partial charge in [0.05, 0.1) is 0 Å². The van der Waals surface area contributed by atoms with Gasteiger partial charge in [-0.05, 0) is 17.7 Å². The van der Waals surface area contributed by atoms with E-state index in [0.29, 0.717) is 0 Å². The van der Waals surface area contributed by atoms with E-state index in [1.54, 1.807) is 0 Å². The van der Waals surface area contributed by atoms with Crippen LogP contribution in [0.2, 0.25) is 0 Å². The Morgan fingerprint density at radius 2 is 1.92 bits per heavy atom. The molecule has 1 heterocycles. The summed E-state index contributed by atoms with van der Waals surface area (Å²) in [6.07, 6.45) is 10.7. The zero-order chi connectivity index (χ0) is 8.60. The van der Waals surface area contributed by atoms with Crippen LogP contribution in [-0.2, 0) is 0 Å². The Morgan fingerprint density at radius 1 is 1.17 bits per heavy atom. The Bertz CT molecular complexity index is 309. The number of nitrogens with one attached hydrogen (secondary N) is 1. The third-order valence-electron chi connectivity index (χ3n) is 2.18. The maximum Gasteiger partial charge on any atom is 0.0450 e. The Kier molecular flexibility index (Phi) is 1.47. The van der Waals surface area contributed by atoms with Crippen LogP contribution in [0, 0.1) is 5.41 Å². The summed E-state index contributed by atoms with van der Waals surface area (Å²) in [7, 11) is 0. The van der Waals surface area contributed by atoms with E-state index < -0.39 is 0 Å². The summed E-state index contributed by atoms with van der Waals surface area (Å²) in [4.78, 5) is 3.20. The second-order valence-corrected chi connectivity index (χ2v) is 3.83. The molecule has 0 amide bonds. The van der Waals surface area contributed by atoms with Crippen LogP contribution in [0.4, 0.5) is 0 Å². The molecule has 0 saturated carbocycles. The Balaban J connectivity index is 2.49. The van der Waals surface area contributed by atoms with Crippen LogP contribution in [0.25, 0.3) is 12.2 Å². The normalized spacial score (nSPS) is 18.8. The van der Waals surface area contributed by atoms with Crippen LogP contribution < -0.4 is 0 Å². The first kappa shape index (κ1) is 7.41. The minimum absolute atomic E-state index is 0.180. The van der Waals surface area contributed by atoms with Crippen molar-refractivity contribution in [3.63, 3.8) is 0 Å². The largest absolute Gasteiger partial charge is 0.361 e. The van der Waals surface area contributed by atoms with Gasteiger partial charge in [-0.1, -0.05) is 32.1 Å². The lowest BCUT2D eigenvalue weighted by molar-refractivity contribution is 0.633. The SMILES string of the molecule is CC1(C)C=Cc2cc[nH]c2C=C1. The fourth-order valence-corrected chi connectivity index (χ4v) is 1.34. The van der Waals surface area contributed by atoms with E-state index >= 15 is 0 Å². The van der Waals surface area contributed by atoms with Gasteiger partial charge >= 0.3 is 0 Å². The van der Waals surface area contributed by atoms with Crippen LogP contribution in [0.5, 0.6) is 0 Å². The van der Waals surface area contributed by atoms with E-state index in [1.165, 1.54) is 11.3 Å². The van der Waals surface area contributed by atoms with Gasteiger partial charge in [0.15, 0.2) is 0 Å². The highest BCUT2D eigenvalue weighted by Crippen LogP contribution is 2.26. The summed E-state index contributed by atoms with van der Waals surface area (Å²) in [5.41, 5.74) is 2.66. The van der Waals surface area contributed by atoms with E-state index in [0.717, 1.165) is 0 Å². The Labute approximate surface area is 72.8 Å². The highest BCUT2D eigenvalue weighted by Gasteiger charge is 2.12. The zero-order valence-electron chi connectivity index (χ0n) is 7.46. The van der Waals surface area contributed by atoms with Gasteiger partial charge in [-0.15, -0.1) is 0 Å². The van der Waals surface area contributed by atoms with Crippen molar-refractivity contribution < 1.29 is 0 Å². The number of hydrogen-bond donors (Lipinski definition) is 1. The Morgan fingerprint density at radius 3 is 2.75 bits per heavy atom. The molecule has 1 aromatic heterocycles. The molecule has 1 heteroatoms. The average Bonchev–Trinajstić information content (AvgIpc) is 2.40. The first-order valence-electron chi connectivity index (χ1n) is 4.23. The summed E-state index contributed by atoms with van der Waals surface area (Å²) < 4.78 is 0. The molecular weight excluding hydrogens is 146 g/mol. The van der Waals surface area contributed by atoms with E-state index in [4.69, 9.17) is 0 Å². The molecule has 0 bridgehead atoms. The molecule has 0 spiro atoms. The maximum atomic E-state index is 3.20. The summed E-state index contributed by atoms with van der Waals surface area (Å²) in [6, 6.07) is 2.09. The number of hydrogen-bond acceptors (Lipinski definition) is 0. The first-order chi connectivity index (χ1) is 5.67. The number of rotatable bonds is 0. The van der Waals surface area contributed by atoms with Gasteiger partial charge in [0, 0.05) is 17.3 Å². The van der Waals surface area contributed by atoms with E-state index in [1.807, 2.05) is 6.20 Å².